The van der Waals surface area contributed by atoms with Crippen molar-refractivity contribution in [1.29, 1.82) is 0 Å². The van der Waals surface area contributed by atoms with Crippen LogP contribution >= 0.6 is 0 Å². The fraction of sp³-hybridized carbons (Fsp3) is 0.292. The number of ether oxygens (including phenoxy) is 1. The molecule has 140 valence electrons. The Morgan fingerprint density at radius 2 is 1.81 bits per heavy atom. The van der Waals surface area contributed by atoms with E-state index in [1.54, 1.807) is 0 Å². The Morgan fingerprint density at radius 1 is 1.04 bits per heavy atom. The van der Waals surface area contributed by atoms with Crippen LogP contribution in [0.25, 0.3) is 10.8 Å². The van der Waals surface area contributed by atoms with Crippen molar-refractivity contribution in [1.82, 2.24) is 5.32 Å². The highest BCUT2D eigenvalue weighted by molar-refractivity contribution is 5.86. The van der Waals surface area contributed by atoms with Crippen LogP contribution in [0.2, 0.25) is 0 Å². The molecule has 0 fully saturated rings. The van der Waals surface area contributed by atoms with Gasteiger partial charge < -0.3 is 10.1 Å². The van der Waals surface area contributed by atoms with Crippen molar-refractivity contribution >= 4 is 16.7 Å². The number of fused-ring (bicyclic) bond motifs is 1. The highest BCUT2D eigenvalue weighted by atomic mass is 16.5. The molecule has 0 heterocycles. The van der Waals surface area contributed by atoms with Gasteiger partial charge in [-0.2, -0.15) is 0 Å². The lowest BCUT2D eigenvalue weighted by Crippen LogP contribution is -2.33. The van der Waals surface area contributed by atoms with Crippen LogP contribution in [0.15, 0.2) is 60.7 Å². The molecule has 27 heavy (non-hydrogen) atoms. The molecule has 0 saturated carbocycles. The summed E-state index contributed by atoms with van der Waals surface area (Å²) in [6, 6.07) is 20.7. The van der Waals surface area contributed by atoms with Gasteiger partial charge >= 0.3 is 0 Å². The third-order valence-electron chi connectivity index (χ3n) is 4.84. The second-order valence-electron chi connectivity index (χ2n) is 7.15. The van der Waals surface area contributed by atoms with Crippen LogP contribution in [-0.4, -0.2) is 19.1 Å². The monoisotopic (exact) mass is 361 g/mol. The second-order valence-corrected chi connectivity index (χ2v) is 7.15. The van der Waals surface area contributed by atoms with Gasteiger partial charge in [-0.15, -0.1) is 0 Å². The molecule has 3 aromatic rings. The highest BCUT2D eigenvalue weighted by Crippen LogP contribution is 2.21. The molecule has 0 aliphatic carbocycles. The molecule has 3 heteroatoms. The molecule has 0 radical (unpaired) electrons. The molecule has 3 nitrogen and oxygen atoms in total. The summed E-state index contributed by atoms with van der Waals surface area (Å²) in [7, 11) is 0. The Balaban J connectivity index is 1.50. The first kappa shape index (κ1) is 19.0. The topological polar surface area (TPSA) is 38.3 Å². The Bertz CT molecular complexity index is 927. The van der Waals surface area contributed by atoms with E-state index in [0.29, 0.717) is 13.2 Å². The Morgan fingerprint density at radius 3 is 2.63 bits per heavy atom. The van der Waals surface area contributed by atoms with Gasteiger partial charge in [0.15, 0.2) is 0 Å². The van der Waals surface area contributed by atoms with Gasteiger partial charge in [-0.1, -0.05) is 67.1 Å². The summed E-state index contributed by atoms with van der Waals surface area (Å²) in [4.78, 5) is 12.4. The maximum absolute atomic E-state index is 12.4. The van der Waals surface area contributed by atoms with Gasteiger partial charge in [-0.3, -0.25) is 4.79 Å². The van der Waals surface area contributed by atoms with Crippen molar-refractivity contribution in [2.45, 2.75) is 27.2 Å². The van der Waals surface area contributed by atoms with Crippen LogP contribution < -0.4 is 10.1 Å². The smallest absolute Gasteiger partial charge is 0.223 e. The zero-order chi connectivity index (χ0) is 19.2. The predicted octanol–water partition coefficient (Wildman–Crippen LogP) is 4.83. The van der Waals surface area contributed by atoms with Crippen molar-refractivity contribution in [3.8, 4) is 5.75 Å². The van der Waals surface area contributed by atoms with Crippen LogP contribution in [0, 0.1) is 19.8 Å². The molecule has 0 unspecified atom stereocenters. The number of benzene rings is 3. The summed E-state index contributed by atoms with van der Waals surface area (Å²) in [6.45, 7) is 7.05. The number of rotatable bonds is 7. The summed E-state index contributed by atoms with van der Waals surface area (Å²) in [5.74, 6) is 0.850. The van der Waals surface area contributed by atoms with Crippen molar-refractivity contribution in [2.75, 3.05) is 13.2 Å². The zero-order valence-electron chi connectivity index (χ0n) is 16.3. The lowest BCUT2D eigenvalue weighted by Gasteiger charge is -2.15. The van der Waals surface area contributed by atoms with Gasteiger partial charge in [0.1, 0.15) is 12.4 Å². The van der Waals surface area contributed by atoms with Crippen LogP contribution in [0.1, 0.15) is 23.6 Å². The summed E-state index contributed by atoms with van der Waals surface area (Å²) < 4.78 is 5.78. The van der Waals surface area contributed by atoms with Crippen LogP contribution in [0.4, 0.5) is 0 Å². The van der Waals surface area contributed by atoms with Crippen LogP contribution in [0.5, 0.6) is 5.75 Å². The third-order valence-corrected chi connectivity index (χ3v) is 4.84. The lowest BCUT2D eigenvalue weighted by atomic mass is 9.95. The number of carbonyl (C=O) groups excluding carboxylic acids is 1. The van der Waals surface area contributed by atoms with Gasteiger partial charge in [0, 0.05) is 5.92 Å². The maximum atomic E-state index is 12.4. The highest BCUT2D eigenvalue weighted by Gasteiger charge is 2.14. The van der Waals surface area contributed by atoms with Gasteiger partial charge in [0.25, 0.3) is 0 Å². The summed E-state index contributed by atoms with van der Waals surface area (Å²) in [6.07, 6.45) is 0.727. The molecule has 1 atom stereocenters. The van der Waals surface area contributed by atoms with Gasteiger partial charge in [0.05, 0.1) is 6.54 Å². The number of hydrogen-bond acceptors (Lipinski definition) is 2. The van der Waals surface area contributed by atoms with Gasteiger partial charge in [0.2, 0.25) is 5.91 Å². The fourth-order valence-electron chi connectivity index (χ4n) is 3.36. The molecular formula is C24H27NO2. The molecule has 0 aliphatic rings. The standard InChI is InChI=1S/C24H27NO2/c1-17-11-12-23(18(2)15-17)27-14-13-25-24(26)19(3)16-21-9-6-8-20-7-4-5-10-22(20)21/h4-12,15,19H,13-14,16H2,1-3H3,(H,25,26)/t19-/m1/s1. The minimum Gasteiger partial charge on any atom is -0.491 e. The minimum absolute atomic E-state index is 0.0622. The van der Waals surface area contributed by atoms with Crippen molar-refractivity contribution in [2.24, 2.45) is 5.92 Å². The van der Waals surface area contributed by atoms with Gasteiger partial charge in [-0.25, -0.2) is 0 Å². The van der Waals surface area contributed by atoms with E-state index >= 15 is 0 Å². The van der Waals surface area contributed by atoms with E-state index in [2.05, 4.69) is 48.6 Å². The average molecular weight is 361 g/mol. The van der Waals surface area contributed by atoms with E-state index in [9.17, 15) is 4.79 Å². The average Bonchev–Trinajstić information content (AvgIpc) is 2.66. The summed E-state index contributed by atoms with van der Waals surface area (Å²) in [5, 5.41) is 5.42. The summed E-state index contributed by atoms with van der Waals surface area (Å²) in [5.41, 5.74) is 3.54. The van der Waals surface area contributed by atoms with E-state index in [1.807, 2.05) is 38.1 Å². The van der Waals surface area contributed by atoms with E-state index in [-0.39, 0.29) is 11.8 Å². The number of amides is 1. The number of hydrogen-bond donors (Lipinski definition) is 1. The Labute approximate surface area is 161 Å². The molecular weight excluding hydrogens is 334 g/mol. The predicted molar refractivity (Wildman–Crippen MR) is 111 cm³/mol. The normalized spacial score (nSPS) is 12.0. The van der Waals surface area contributed by atoms with E-state index < -0.39 is 0 Å². The molecule has 0 spiro atoms. The minimum atomic E-state index is -0.0862. The van der Waals surface area contributed by atoms with Crippen molar-refractivity contribution < 1.29 is 9.53 Å². The molecule has 0 bridgehead atoms. The Hall–Kier alpha value is -2.81. The fourth-order valence-corrected chi connectivity index (χ4v) is 3.36. The molecule has 0 aromatic heterocycles. The molecule has 0 saturated heterocycles. The first-order chi connectivity index (χ1) is 13.0. The SMILES string of the molecule is Cc1ccc(OCCNC(=O)[C@H](C)Cc2cccc3ccccc23)c(C)c1. The summed E-state index contributed by atoms with van der Waals surface area (Å²) >= 11 is 0. The van der Waals surface area contributed by atoms with Crippen LogP contribution in [-0.2, 0) is 11.2 Å². The van der Waals surface area contributed by atoms with E-state index in [1.165, 1.54) is 21.9 Å². The molecule has 1 N–H and O–H groups in total. The third kappa shape index (κ3) is 4.88. The number of aryl methyl sites for hydroxylation is 2. The van der Waals surface area contributed by atoms with Gasteiger partial charge in [-0.05, 0) is 48.2 Å². The Kier molecular flexibility index (Phi) is 6.12. The second kappa shape index (κ2) is 8.72. The zero-order valence-corrected chi connectivity index (χ0v) is 16.3. The largest absolute Gasteiger partial charge is 0.491 e. The van der Waals surface area contributed by atoms with Crippen molar-refractivity contribution in [3.05, 3.63) is 77.4 Å². The van der Waals surface area contributed by atoms with E-state index in [4.69, 9.17) is 4.74 Å². The van der Waals surface area contributed by atoms with E-state index in [0.717, 1.165) is 17.7 Å². The lowest BCUT2D eigenvalue weighted by molar-refractivity contribution is -0.124. The van der Waals surface area contributed by atoms with Crippen LogP contribution in [0.3, 0.4) is 0 Å². The molecule has 1 amide bonds. The molecule has 3 aromatic carbocycles. The van der Waals surface area contributed by atoms with Crippen molar-refractivity contribution in [3.63, 3.8) is 0 Å². The first-order valence-electron chi connectivity index (χ1n) is 9.49. The molecule has 0 aliphatic heterocycles. The maximum Gasteiger partial charge on any atom is 0.223 e. The molecule has 3 rings (SSSR count). The first-order valence-corrected chi connectivity index (χ1v) is 9.49. The number of carbonyl (C=O) groups is 1. The quantitative estimate of drug-likeness (QED) is 0.612. The number of nitrogens with one attached hydrogen (secondary N) is 1.